The van der Waals surface area contributed by atoms with Crippen molar-refractivity contribution in [2.75, 3.05) is 0 Å². The fourth-order valence-corrected chi connectivity index (χ4v) is 3.92. The molecule has 0 spiro atoms. The van der Waals surface area contributed by atoms with Crippen molar-refractivity contribution in [2.45, 2.75) is 40.0 Å². The van der Waals surface area contributed by atoms with Gasteiger partial charge in [0.25, 0.3) is 0 Å². The van der Waals surface area contributed by atoms with E-state index in [0.29, 0.717) is 5.92 Å². The number of carboxylic acid groups (broad SMARTS) is 1. The van der Waals surface area contributed by atoms with Gasteiger partial charge in [0.2, 0.25) is 0 Å². The second-order valence-corrected chi connectivity index (χ2v) is 5.69. The molecule has 2 bridgehead atoms. The minimum absolute atomic E-state index is 0.0127. The van der Waals surface area contributed by atoms with E-state index in [1.165, 1.54) is 6.42 Å². The van der Waals surface area contributed by atoms with E-state index in [1.54, 1.807) is 0 Å². The van der Waals surface area contributed by atoms with Gasteiger partial charge < -0.3 is 5.11 Å². The van der Waals surface area contributed by atoms with Crippen molar-refractivity contribution < 1.29 is 9.90 Å². The molecular weight excluding hydrogens is 164 g/mol. The molecule has 2 nitrogen and oxygen atoms in total. The molecule has 3 atom stereocenters. The highest BCUT2D eigenvalue weighted by atomic mass is 16.4. The summed E-state index contributed by atoms with van der Waals surface area (Å²) in [5, 5.41) is 9.24. The number of carbonyl (C=O) groups is 1. The zero-order valence-corrected chi connectivity index (χ0v) is 8.63. The quantitative estimate of drug-likeness (QED) is 0.676. The maximum atomic E-state index is 11.2. The number of rotatable bonds is 1. The Morgan fingerprint density at radius 3 is 2.31 bits per heavy atom. The van der Waals surface area contributed by atoms with E-state index in [0.717, 1.165) is 12.8 Å². The molecule has 0 aromatic heterocycles. The Hall–Kier alpha value is -0.530. The standard InChI is InChI=1S/C11H18O2/c1-10(2)7-4-5-11(3,6-7)8(10)9(12)13/h7-8H,4-6H2,1-3H3,(H,12,13)/t7-,8+,11-/m0/s1. The highest BCUT2D eigenvalue weighted by Gasteiger charge is 2.62. The Balaban J connectivity index is 2.39. The summed E-state index contributed by atoms with van der Waals surface area (Å²) in [5.74, 6) is -0.0768. The molecule has 2 rings (SSSR count). The summed E-state index contributed by atoms with van der Waals surface area (Å²) >= 11 is 0. The van der Waals surface area contributed by atoms with Crippen molar-refractivity contribution in [3.63, 3.8) is 0 Å². The summed E-state index contributed by atoms with van der Waals surface area (Å²) in [7, 11) is 0. The fraction of sp³-hybridized carbons (Fsp3) is 0.909. The lowest BCUT2D eigenvalue weighted by molar-refractivity contribution is -0.151. The number of hydrogen-bond donors (Lipinski definition) is 1. The van der Waals surface area contributed by atoms with E-state index in [4.69, 9.17) is 0 Å². The molecule has 0 saturated heterocycles. The molecule has 74 valence electrons. The molecule has 2 saturated carbocycles. The molecule has 0 amide bonds. The minimum atomic E-state index is -0.588. The number of fused-ring (bicyclic) bond motifs is 2. The first kappa shape index (κ1) is 9.04. The first-order valence-electron chi connectivity index (χ1n) is 5.11. The molecule has 2 aliphatic carbocycles. The van der Waals surface area contributed by atoms with Crippen molar-refractivity contribution in [3.05, 3.63) is 0 Å². The number of aliphatic carboxylic acids is 1. The molecular formula is C11H18O2. The van der Waals surface area contributed by atoms with Crippen LogP contribution in [0, 0.1) is 22.7 Å². The van der Waals surface area contributed by atoms with Crippen LogP contribution in [0.15, 0.2) is 0 Å². The first-order chi connectivity index (χ1) is 5.88. The van der Waals surface area contributed by atoms with Crippen LogP contribution in [-0.2, 0) is 4.79 Å². The van der Waals surface area contributed by atoms with Gasteiger partial charge >= 0.3 is 5.97 Å². The zero-order valence-electron chi connectivity index (χ0n) is 8.63. The van der Waals surface area contributed by atoms with E-state index >= 15 is 0 Å². The van der Waals surface area contributed by atoms with E-state index in [-0.39, 0.29) is 16.7 Å². The van der Waals surface area contributed by atoms with Crippen molar-refractivity contribution >= 4 is 5.97 Å². The Morgan fingerprint density at radius 1 is 1.38 bits per heavy atom. The monoisotopic (exact) mass is 182 g/mol. The van der Waals surface area contributed by atoms with Crippen molar-refractivity contribution in [3.8, 4) is 0 Å². The Bertz CT molecular complexity index is 252. The van der Waals surface area contributed by atoms with Crippen LogP contribution in [0.5, 0.6) is 0 Å². The molecule has 0 aromatic carbocycles. The Labute approximate surface area is 79.3 Å². The molecule has 2 aliphatic rings. The third-order valence-corrected chi connectivity index (χ3v) is 4.52. The molecule has 0 aromatic rings. The minimum Gasteiger partial charge on any atom is -0.481 e. The van der Waals surface area contributed by atoms with Crippen molar-refractivity contribution in [2.24, 2.45) is 22.7 Å². The Morgan fingerprint density at radius 2 is 2.00 bits per heavy atom. The highest BCUT2D eigenvalue weighted by Crippen LogP contribution is 2.65. The molecule has 0 radical (unpaired) electrons. The summed E-state index contributed by atoms with van der Waals surface area (Å²) in [5.41, 5.74) is 0.0961. The van der Waals surface area contributed by atoms with Gasteiger partial charge in [-0.05, 0) is 36.0 Å². The lowest BCUT2D eigenvalue weighted by Crippen LogP contribution is -2.40. The van der Waals surface area contributed by atoms with Crippen LogP contribution >= 0.6 is 0 Å². The van der Waals surface area contributed by atoms with Gasteiger partial charge in [-0.15, -0.1) is 0 Å². The van der Waals surface area contributed by atoms with Crippen LogP contribution in [0.25, 0.3) is 0 Å². The molecule has 0 aliphatic heterocycles. The van der Waals surface area contributed by atoms with Crippen LogP contribution in [-0.4, -0.2) is 11.1 Å². The molecule has 1 N–H and O–H groups in total. The van der Waals surface area contributed by atoms with Gasteiger partial charge in [0.05, 0.1) is 5.92 Å². The number of hydrogen-bond acceptors (Lipinski definition) is 1. The topological polar surface area (TPSA) is 37.3 Å². The summed E-state index contributed by atoms with van der Waals surface area (Å²) in [6, 6.07) is 0. The largest absolute Gasteiger partial charge is 0.481 e. The summed E-state index contributed by atoms with van der Waals surface area (Å²) < 4.78 is 0. The average molecular weight is 182 g/mol. The Kier molecular flexibility index (Phi) is 1.59. The fourth-order valence-electron chi connectivity index (χ4n) is 3.92. The maximum absolute atomic E-state index is 11.2. The maximum Gasteiger partial charge on any atom is 0.307 e. The predicted molar refractivity (Wildman–Crippen MR) is 50.4 cm³/mol. The smallest absolute Gasteiger partial charge is 0.307 e. The molecule has 0 unspecified atom stereocenters. The van der Waals surface area contributed by atoms with Gasteiger partial charge in [-0.2, -0.15) is 0 Å². The average Bonchev–Trinajstić information content (AvgIpc) is 2.36. The number of carboxylic acids is 1. The van der Waals surface area contributed by atoms with Gasteiger partial charge in [0.15, 0.2) is 0 Å². The van der Waals surface area contributed by atoms with Gasteiger partial charge in [-0.1, -0.05) is 20.8 Å². The van der Waals surface area contributed by atoms with Gasteiger partial charge in [0.1, 0.15) is 0 Å². The van der Waals surface area contributed by atoms with E-state index < -0.39 is 5.97 Å². The summed E-state index contributed by atoms with van der Waals surface area (Å²) in [6.45, 7) is 6.41. The van der Waals surface area contributed by atoms with Crippen LogP contribution in [0.3, 0.4) is 0 Å². The van der Waals surface area contributed by atoms with Crippen LogP contribution in [0.4, 0.5) is 0 Å². The molecule has 2 heteroatoms. The normalized spacial score (nSPS) is 46.7. The summed E-state index contributed by atoms with van der Waals surface area (Å²) in [6.07, 6.45) is 3.46. The van der Waals surface area contributed by atoms with E-state index in [2.05, 4.69) is 20.8 Å². The summed E-state index contributed by atoms with van der Waals surface area (Å²) in [4.78, 5) is 11.2. The predicted octanol–water partition coefficient (Wildman–Crippen LogP) is 2.53. The second kappa shape index (κ2) is 2.28. The van der Waals surface area contributed by atoms with Crippen LogP contribution in [0.2, 0.25) is 0 Å². The van der Waals surface area contributed by atoms with E-state index in [1.807, 2.05) is 0 Å². The third kappa shape index (κ3) is 0.976. The molecule has 2 fully saturated rings. The highest BCUT2D eigenvalue weighted by molar-refractivity contribution is 5.73. The van der Waals surface area contributed by atoms with E-state index in [9.17, 15) is 9.90 Å². The van der Waals surface area contributed by atoms with Crippen molar-refractivity contribution in [1.29, 1.82) is 0 Å². The van der Waals surface area contributed by atoms with Crippen molar-refractivity contribution in [1.82, 2.24) is 0 Å². The third-order valence-electron chi connectivity index (χ3n) is 4.52. The lowest BCUT2D eigenvalue weighted by Gasteiger charge is -2.39. The SMILES string of the molecule is CC1(C)[C@H]2CC[C@@](C)(C2)[C@@H]1C(=O)O. The van der Waals surface area contributed by atoms with Crippen LogP contribution < -0.4 is 0 Å². The van der Waals surface area contributed by atoms with Gasteiger partial charge in [-0.25, -0.2) is 0 Å². The van der Waals surface area contributed by atoms with Gasteiger partial charge in [0, 0.05) is 0 Å². The van der Waals surface area contributed by atoms with Crippen LogP contribution in [0.1, 0.15) is 40.0 Å². The zero-order chi connectivity index (χ0) is 9.85. The second-order valence-electron chi connectivity index (χ2n) is 5.69. The molecule has 0 heterocycles. The van der Waals surface area contributed by atoms with Gasteiger partial charge in [-0.3, -0.25) is 4.79 Å². The lowest BCUT2D eigenvalue weighted by atomic mass is 9.64. The first-order valence-corrected chi connectivity index (χ1v) is 5.11. The molecule has 13 heavy (non-hydrogen) atoms.